The standard InChI is InChI=1S/C9H14N2O2/c1-6-3-7(2)11(10-6)8-4-13-5-9(8)12/h3,8-9,12H,4-5H2,1-2H3/t8-,9-/m0/s1. The summed E-state index contributed by atoms with van der Waals surface area (Å²) in [6, 6.07) is 2.00. The van der Waals surface area contributed by atoms with Crippen molar-refractivity contribution >= 4 is 0 Å². The highest BCUT2D eigenvalue weighted by atomic mass is 16.5. The van der Waals surface area contributed by atoms with Crippen LogP contribution in [0.4, 0.5) is 0 Å². The summed E-state index contributed by atoms with van der Waals surface area (Å²) < 4.78 is 7.03. The highest BCUT2D eigenvalue weighted by Gasteiger charge is 2.29. The van der Waals surface area contributed by atoms with Crippen molar-refractivity contribution in [3.05, 3.63) is 17.5 Å². The molecule has 0 aromatic carbocycles. The van der Waals surface area contributed by atoms with E-state index in [2.05, 4.69) is 5.10 Å². The molecule has 0 radical (unpaired) electrons. The lowest BCUT2D eigenvalue weighted by Crippen LogP contribution is -2.23. The van der Waals surface area contributed by atoms with Gasteiger partial charge >= 0.3 is 0 Å². The Balaban J connectivity index is 2.28. The third-order valence-electron chi connectivity index (χ3n) is 2.38. The zero-order chi connectivity index (χ0) is 9.42. The normalized spacial score (nSPS) is 28.2. The van der Waals surface area contributed by atoms with Crippen LogP contribution >= 0.6 is 0 Å². The zero-order valence-corrected chi connectivity index (χ0v) is 7.90. The van der Waals surface area contributed by atoms with Gasteiger partial charge in [-0.2, -0.15) is 5.10 Å². The van der Waals surface area contributed by atoms with Crippen LogP contribution in [0.3, 0.4) is 0 Å². The van der Waals surface area contributed by atoms with E-state index in [-0.39, 0.29) is 6.04 Å². The fraction of sp³-hybridized carbons (Fsp3) is 0.667. The third kappa shape index (κ3) is 1.47. The molecule has 13 heavy (non-hydrogen) atoms. The molecule has 72 valence electrons. The van der Waals surface area contributed by atoms with Gasteiger partial charge in [-0.15, -0.1) is 0 Å². The molecule has 2 heterocycles. The molecule has 0 amide bonds. The highest BCUT2D eigenvalue weighted by Crippen LogP contribution is 2.20. The number of hydrogen-bond donors (Lipinski definition) is 1. The van der Waals surface area contributed by atoms with Gasteiger partial charge in [0.25, 0.3) is 0 Å². The van der Waals surface area contributed by atoms with Crippen molar-refractivity contribution in [2.24, 2.45) is 0 Å². The van der Waals surface area contributed by atoms with Gasteiger partial charge in [0.15, 0.2) is 0 Å². The van der Waals surface area contributed by atoms with Crippen LogP contribution in [0.5, 0.6) is 0 Å². The Morgan fingerprint density at radius 3 is 2.77 bits per heavy atom. The van der Waals surface area contributed by atoms with E-state index in [1.165, 1.54) is 0 Å². The molecule has 1 aliphatic heterocycles. The molecular formula is C9H14N2O2. The van der Waals surface area contributed by atoms with Gasteiger partial charge in [-0.3, -0.25) is 4.68 Å². The van der Waals surface area contributed by atoms with Crippen LogP contribution in [0.25, 0.3) is 0 Å². The van der Waals surface area contributed by atoms with Crippen molar-refractivity contribution in [2.75, 3.05) is 13.2 Å². The summed E-state index contributed by atoms with van der Waals surface area (Å²) in [5.74, 6) is 0. The molecule has 2 atom stereocenters. The van der Waals surface area contributed by atoms with Gasteiger partial charge in [-0.05, 0) is 19.9 Å². The quantitative estimate of drug-likeness (QED) is 0.685. The number of aliphatic hydroxyl groups is 1. The van der Waals surface area contributed by atoms with Gasteiger partial charge in [0.2, 0.25) is 0 Å². The summed E-state index contributed by atoms with van der Waals surface area (Å²) in [4.78, 5) is 0. The van der Waals surface area contributed by atoms with Gasteiger partial charge in [0, 0.05) is 5.69 Å². The van der Waals surface area contributed by atoms with Crippen LogP contribution in [0.1, 0.15) is 17.4 Å². The topological polar surface area (TPSA) is 47.3 Å². The summed E-state index contributed by atoms with van der Waals surface area (Å²) >= 11 is 0. The van der Waals surface area contributed by atoms with Gasteiger partial charge in [0.1, 0.15) is 12.1 Å². The molecule has 4 heteroatoms. The van der Waals surface area contributed by atoms with E-state index < -0.39 is 6.10 Å². The summed E-state index contributed by atoms with van der Waals surface area (Å²) in [6.45, 7) is 4.92. The van der Waals surface area contributed by atoms with Gasteiger partial charge in [-0.1, -0.05) is 0 Å². The van der Waals surface area contributed by atoms with E-state index in [0.717, 1.165) is 11.4 Å². The Morgan fingerprint density at radius 2 is 2.31 bits per heavy atom. The molecule has 0 spiro atoms. The minimum atomic E-state index is -0.419. The zero-order valence-electron chi connectivity index (χ0n) is 7.90. The SMILES string of the molecule is Cc1cc(C)n([C@H]2COC[C@@H]2O)n1. The number of hydrogen-bond acceptors (Lipinski definition) is 3. The first kappa shape index (κ1) is 8.72. The smallest absolute Gasteiger partial charge is 0.104 e. The minimum absolute atomic E-state index is 0.00583. The van der Waals surface area contributed by atoms with Crippen molar-refractivity contribution < 1.29 is 9.84 Å². The average Bonchev–Trinajstić information content (AvgIpc) is 2.58. The van der Waals surface area contributed by atoms with Crippen LogP contribution in [0.2, 0.25) is 0 Å². The lowest BCUT2D eigenvalue weighted by molar-refractivity contribution is 0.117. The van der Waals surface area contributed by atoms with E-state index in [0.29, 0.717) is 13.2 Å². The predicted molar refractivity (Wildman–Crippen MR) is 47.6 cm³/mol. The molecule has 0 bridgehead atoms. The van der Waals surface area contributed by atoms with E-state index in [1.807, 2.05) is 24.6 Å². The summed E-state index contributed by atoms with van der Waals surface area (Å²) in [5.41, 5.74) is 2.06. The number of aliphatic hydroxyl groups excluding tert-OH is 1. The summed E-state index contributed by atoms with van der Waals surface area (Å²) in [5, 5.41) is 13.9. The monoisotopic (exact) mass is 182 g/mol. The summed E-state index contributed by atoms with van der Waals surface area (Å²) in [7, 11) is 0. The second-order valence-corrected chi connectivity index (χ2v) is 3.54. The fourth-order valence-electron chi connectivity index (χ4n) is 1.75. The number of ether oxygens (including phenoxy) is 1. The molecule has 2 rings (SSSR count). The average molecular weight is 182 g/mol. The molecule has 0 aliphatic carbocycles. The Labute approximate surface area is 77.1 Å². The largest absolute Gasteiger partial charge is 0.388 e. The van der Waals surface area contributed by atoms with Gasteiger partial charge in [0.05, 0.1) is 18.9 Å². The van der Waals surface area contributed by atoms with Crippen LogP contribution < -0.4 is 0 Å². The van der Waals surface area contributed by atoms with Crippen molar-refractivity contribution in [2.45, 2.75) is 26.0 Å². The lowest BCUT2D eigenvalue weighted by Gasteiger charge is -2.14. The first-order chi connectivity index (χ1) is 6.18. The Morgan fingerprint density at radius 1 is 1.54 bits per heavy atom. The Kier molecular flexibility index (Phi) is 2.09. The third-order valence-corrected chi connectivity index (χ3v) is 2.38. The Bertz CT molecular complexity index is 309. The number of aromatic nitrogens is 2. The van der Waals surface area contributed by atoms with Crippen molar-refractivity contribution in [1.29, 1.82) is 0 Å². The van der Waals surface area contributed by atoms with Gasteiger partial charge in [-0.25, -0.2) is 0 Å². The van der Waals surface area contributed by atoms with Crippen LogP contribution in [0.15, 0.2) is 6.07 Å². The van der Waals surface area contributed by atoms with Crippen molar-refractivity contribution in [3.63, 3.8) is 0 Å². The maximum absolute atomic E-state index is 9.59. The molecule has 0 unspecified atom stereocenters. The molecule has 1 aromatic rings. The number of rotatable bonds is 1. The predicted octanol–water partition coefficient (Wildman–Crippen LogP) is 0.432. The van der Waals surface area contributed by atoms with E-state index in [1.54, 1.807) is 0 Å². The highest BCUT2D eigenvalue weighted by molar-refractivity contribution is 5.08. The lowest BCUT2D eigenvalue weighted by atomic mass is 10.2. The van der Waals surface area contributed by atoms with Gasteiger partial charge < -0.3 is 9.84 Å². The van der Waals surface area contributed by atoms with Crippen LogP contribution in [0, 0.1) is 13.8 Å². The first-order valence-electron chi connectivity index (χ1n) is 4.47. The van der Waals surface area contributed by atoms with E-state index in [4.69, 9.17) is 4.74 Å². The molecule has 1 N–H and O–H groups in total. The molecule has 1 saturated heterocycles. The minimum Gasteiger partial charge on any atom is -0.388 e. The van der Waals surface area contributed by atoms with E-state index in [9.17, 15) is 5.11 Å². The molecule has 4 nitrogen and oxygen atoms in total. The van der Waals surface area contributed by atoms with Crippen LogP contribution in [-0.2, 0) is 4.74 Å². The van der Waals surface area contributed by atoms with E-state index >= 15 is 0 Å². The maximum atomic E-state index is 9.59. The molecule has 1 aromatic heterocycles. The maximum Gasteiger partial charge on any atom is 0.104 e. The molecule has 1 fully saturated rings. The number of aryl methyl sites for hydroxylation is 2. The Hall–Kier alpha value is -0.870. The second-order valence-electron chi connectivity index (χ2n) is 3.54. The first-order valence-corrected chi connectivity index (χ1v) is 4.47. The second kappa shape index (κ2) is 3.12. The van der Waals surface area contributed by atoms with Crippen molar-refractivity contribution in [3.8, 4) is 0 Å². The van der Waals surface area contributed by atoms with Crippen LogP contribution in [-0.4, -0.2) is 34.2 Å². The summed E-state index contributed by atoms with van der Waals surface area (Å²) in [6.07, 6.45) is -0.419. The number of nitrogens with zero attached hydrogens (tertiary/aromatic N) is 2. The molecular weight excluding hydrogens is 168 g/mol. The molecule has 1 aliphatic rings. The fourth-order valence-corrected chi connectivity index (χ4v) is 1.75. The molecule has 0 saturated carbocycles. The van der Waals surface area contributed by atoms with Crippen molar-refractivity contribution in [1.82, 2.24) is 9.78 Å².